The lowest BCUT2D eigenvalue weighted by molar-refractivity contribution is -0.396. The van der Waals surface area contributed by atoms with E-state index in [1.54, 1.807) is 0 Å². The lowest BCUT2D eigenvalue weighted by atomic mass is 9.33. The van der Waals surface area contributed by atoms with Crippen molar-refractivity contribution in [3.8, 4) is 0 Å². The number of rotatable bonds is 11. The summed E-state index contributed by atoms with van der Waals surface area (Å²) in [6.07, 6.45) is -27.4. The van der Waals surface area contributed by atoms with Gasteiger partial charge in [-0.3, -0.25) is 0 Å². The van der Waals surface area contributed by atoms with Crippen molar-refractivity contribution in [1.29, 1.82) is 0 Å². The molecule has 76 heavy (non-hydrogen) atoms. The zero-order valence-corrected chi connectivity index (χ0v) is 44.7. The van der Waals surface area contributed by atoms with Gasteiger partial charge in [-0.2, -0.15) is 0 Å². The molecule has 0 aromatic carbocycles. The first-order chi connectivity index (χ1) is 35.4. The molecule has 0 bridgehead atoms. The predicted octanol–water partition coefficient (Wildman–Crippen LogP) is -1.86. The molecule has 8 fully saturated rings. The number of fused-ring (bicyclic) bond motifs is 7. The Bertz CT molecular complexity index is 2120. The van der Waals surface area contributed by atoms with Gasteiger partial charge in [0.1, 0.15) is 79.4 Å². The summed E-state index contributed by atoms with van der Waals surface area (Å²) in [6.45, 7) is 15.0. The summed E-state index contributed by atoms with van der Waals surface area (Å²) < 4.78 is 48.6. The monoisotopic (exact) mass is 1090 g/mol. The average Bonchev–Trinajstić information content (AvgIpc) is 3.39. The smallest absolute Gasteiger partial charge is 0.335 e. The molecule has 23 heteroatoms. The van der Waals surface area contributed by atoms with Crippen LogP contribution in [-0.2, 0) is 42.7 Å². The van der Waals surface area contributed by atoms with Crippen LogP contribution in [0.4, 0.5) is 0 Å². The molecule has 4 aliphatic heterocycles. The zero-order valence-electron chi connectivity index (χ0n) is 44.7. The molecule has 0 spiro atoms. The van der Waals surface area contributed by atoms with Gasteiger partial charge < -0.3 is 109 Å². The Balaban J connectivity index is 0.984. The molecule has 9 rings (SSSR count). The van der Waals surface area contributed by atoms with E-state index in [-0.39, 0.29) is 41.8 Å². The molecule has 9 aliphatic rings. The lowest BCUT2D eigenvalue weighted by Gasteiger charge is -2.72. The fraction of sp³-hybridized carbons (Fsp3) is 0.943. The van der Waals surface area contributed by atoms with E-state index >= 15 is 0 Å². The standard InChI is InChI=1S/C53H86O23/c1-21-29(57)32(60)37(65)45(70-21)74-39-33(61)31(59)25(18-54)71-46(39)75-40-35(63)34(62)38(43(67)68)73-47(40)72-28-12-13-50(5)26(51(28,6)20-55)11-14-53(8)27(50)10-9-22-23-17-48(2,3)41(66)42(49(23,4)15-16-52(22,53)7)76-44-36(64)30(58)24(56)19-69-44/h9,21,23-42,44-47,54-66H,10-20H2,1-8H3,(H,67,68)/t21-,23?,24-,25+,26+,27?,28-,29-,30-,31-,32+,33-,34-,35-,36+,37+,38-,39+,40+,41-,42+,44-,45-,46-,47+,49+,50-,51+,52+,53+/m0/s1. The van der Waals surface area contributed by atoms with E-state index < -0.39 is 169 Å². The summed E-state index contributed by atoms with van der Waals surface area (Å²) >= 11 is 0. The van der Waals surface area contributed by atoms with E-state index in [2.05, 4.69) is 33.8 Å². The van der Waals surface area contributed by atoms with E-state index in [0.717, 1.165) is 12.8 Å². The van der Waals surface area contributed by atoms with Crippen LogP contribution in [0.25, 0.3) is 0 Å². The van der Waals surface area contributed by atoms with Crippen LogP contribution in [0.5, 0.6) is 0 Å². The lowest BCUT2D eigenvalue weighted by Crippen LogP contribution is -2.69. The van der Waals surface area contributed by atoms with Gasteiger partial charge in [0.05, 0.1) is 44.2 Å². The van der Waals surface area contributed by atoms with Gasteiger partial charge in [-0.15, -0.1) is 0 Å². The molecule has 30 atom stereocenters. The Labute approximate surface area is 442 Å². The Morgan fingerprint density at radius 1 is 0.632 bits per heavy atom. The highest BCUT2D eigenvalue weighted by atomic mass is 16.8. The minimum absolute atomic E-state index is 0.0308. The van der Waals surface area contributed by atoms with Crippen molar-refractivity contribution in [3.05, 3.63) is 11.6 Å². The van der Waals surface area contributed by atoms with Crippen LogP contribution < -0.4 is 0 Å². The highest BCUT2D eigenvalue weighted by molar-refractivity contribution is 5.73. The number of hydrogen-bond acceptors (Lipinski definition) is 22. The molecule has 0 aromatic heterocycles. The van der Waals surface area contributed by atoms with Crippen LogP contribution in [0.3, 0.4) is 0 Å². The third-order valence-corrected chi connectivity index (χ3v) is 21.4. The minimum Gasteiger partial charge on any atom is -0.479 e. The molecule has 0 amide bonds. The van der Waals surface area contributed by atoms with Crippen molar-refractivity contribution < 1.29 is 114 Å². The quantitative estimate of drug-likeness (QED) is 0.0797. The number of carboxylic acids is 1. The van der Waals surface area contributed by atoms with Gasteiger partial charge in [-0.05, 0) is 97.7 Å². The first-order valence-corrected chi connectivity index (χ1v) is 27.3. The maximum absolute atomic E-state index is 12.6. The van der Waals surface area contributed by atoms with Crippen molar-refractivity contribution >= 4 is 5.97 Å². The number of allylic oxidation sites excluding steroid dienone is 2. The topological polar surface area (TPSA) is 374 Å². The van der Waals surface area contributed by atoms with Crippen LogP contribution in [0.1, 0.15) is 107 Å². The molecule has 0 radical (unpaired) electrons. The summed E-state index contributed by atoms with van der Waals surface area (Å²) in [6, 6.07) is 0. The maximum Gasteiger partial charge on any atom is 0.335 e. The highest BCUT2D eigenvalue weighted by Gasteiger charge is 2.71. The number of ether oxygens (including phenoxy) is 8. The highest BCUT2D eigenvalue weighted by Crippen LogP contribution is 2.76. The first kappa shape index (κ1) is 59.0. The van der Waals surface area contributed by atoms with Crippen molar-refractivity contribution in [1.82, 2.24) is 0 Å². The molecule has 4 heterocycles. The Hall–Kier alpha value is -1.63. The van der Waals surface area contributed by atoms with Crippen molar-refractivity contribution in [2.45, 2.75) is 242 Å². The zero-order chi connectivity index (χ0) is 55.7. The van der Waals surface area contributed by atoms with Crippen molar-refractivity contribution in [2.75, 3.05) is 19.8 Å². The van der Waals surface area contributed by atoms with Gasteiger partial charge in [0.2, 0.25) is 0 Å². The summed E-state index contributed by atoms with van der Waals surface area (Å²) in [4.78, 5) is 12.6. The number of carbonyl (C=O) groups is 1. The summed E-state index contributed by atoms with van der Waals surface area (Å²) in [5.41, 5.74) is -1.89. The summed E-state index contributed by atoms with van der Waals surface area (Å²) in [5.74, 6) is -1.74. The Kier molecular flexibility index (Phi) is 16.3. The van der Waals surface area contributed by atoms with Gasteiger partial charge in [0, 0.05) is 10.8 Å². The van der Waals surface area contributed by atoms with Crippen LogP contribution in [-0.4, -0.2) is 232 Å². The molecule has 0 aromatic rings. The molecule has 23 nitrogen and oxygen atoms in total. The molecule has 4 saturated heterocycles. The number of aliphatic hydroxyl groups excluding tert-OH is 13. The van der Waals surface area contributed by atoms with Gasteiger partial charge in [-0.25, -0.2) is 4.79 Å². The second kappa shape index (κ2) is 21.0. The molecule has 4 saturated carbocycles. The third kappa shape index (κ3) is 9.18. The van der Waals surface area contributed by atoms with Gasteiger partial charge in [-0.1, -0.05) is 60.1 Å². The van der Waals surface area contributed by atoms with Crippen molar-refractivity contribution in [3.63, 3.8) is 0 Å². The fourth-order valence-electron chi connectivity index (χ4n) is 16.4. The van der Waals surface area contributed by atoms with Gasteiger partial charge in [0.25, 0.3) is 0 Å². The van der Waals surface area contributed by atoms with Crippen molar-refractivity contribution in [2.24, 2.45) is 50.2 Å². The predicted molar refractivity (Wildman–Crippen MR) is 259 cm³/mol. The summed E-state index contributed by atoms with van der Waals surface area (Å²) in [5, 5.41) is 153. The molecule has 5 aliphatic carbocycles. The van der Waals surface area contributed by atoms with E-state index in [1.165, 1.54) is 12.5 Å². The Morgan fingerprint density at radius 3 is 1.91 bits per heavy atom. The normalized spacial score (nSPS) is 56.3. The van der Waals surface area contributed by atoms with Gasteiger partial charge in [0.15, 0.2) is 31.3 Å². The van der Waals surface area contributed by atoms with Crippen LogP contribution in [0.15, 0.2) is 11.6 Å². The number of hydrogen-bond donors (Lipinski definition) is 14. The molecular formula is C53H86O23. The Morgan fingerprint density at radius 2 is 1.26 bits per heavy atom. The van der Waals surface area contributed by atoms with E-state index in [4.69, 9.17) is 37.9 Å². The molecule has 2 unspecified atom stereocenters. The number of aliphatic hydroxyl groups is 13. The van der Waals surface area contributed by atoms with E-state index in [9.17, 15) is 76.3 Å². The maximum atomic E-state index is 12.6. The van der Waals surface area contributed by atoms with Crippen LogP contribution in [0, 0.1) is 50.2 Å². The second-order valence-corrected chi connectivity index (χ2v) is 26.0. The number of aliphatic carboxylic acids is 1. The summed E-state index contributed by atoms with van der Waals surface area (Å²) in [7, 11) is 0. The fourth-order valence-corrected chi connectivity index (χ4v) is 16.4. The largest absolute Gasteiger partial charge is 0.479 e. The molecule has 14 N–H and O–H groups in total. The van der Waals surface area contributed by atoms with Crippen LogP contribution >= 0.6 is 0 Å². The second-order valence-electron chi connectivity index (χ2n) is 26.0. The molecule has 436 valence electrons. The average molecular weight is 1090 g/mol. The van der Waals surface area contributed by atoms with Gasteiger partial charge >= 0.3 is 5.97 Å². The van der Waals surface area contributed by atoms with Crippen LogP contribution in [0.2, 0.25) is 0 Å². The SMILES string of the molecule is C[C@@H]1O[C@@H](O[C@H]2[C@H](O[C@H]3[C@H](O[C@H]4CC[C@]5(C)C6CC=C7C8CC(C)(C)[C@@H](O)[C@@H](O[C@@H]9OC[C@H](O)[C@H](O)[C@H]9O)[C@]8(C)CC[C@@]7(C)[C@]6(C)CC[C@H]5[C@@]4(C)CO)O[C@H](C(=O)O)[C@@H](O)[C@@H]3O)O[C@H](CO)[C@H](O)[C@@H]2O)[C@H](O)[C@H](O)[C@H]1O. The van der Waals surface area contributed by atoms with E-state index in [1.807, 2.05) is 20.8 Å². The number of carboxylic acid groups (broad SMARTS) is 1. The first-order valence-electron chi connectivity index (χ1n) is 27.3. The molecular weight excluding hydrogens is 1000 g/mol. The minimum atomic E-state index is -2.11. The van der Waals surface area contributed by atoms with E-state index in [0.29, 0.717) is 38.5 Å². The third-order valence-electron chi connectivity index (χ3n) is 21.4.